The van der Waals surface area contributed by atoms with Gasteiger partial charge >= 0.3 is 0 Å². The van der Waals surface area contributed by atoms with Crippen molar-refractivity contribution in [1.82, 2.24) is 5.32 Å². The topological polar surface area (TPSA) is 15.0 Å². The Hall–Kier alpha value is -1.67. The van der Waals surface area contributed by atoms with E-state index >= 15 is 0 Å². The summed E-state index contributed by atoms with van der Waals surface area (Å²) in [6.07, 6.45) is 24.3. The van der Waals surface area contributed by atoms with Crippen LogP contribution in [-0.4, -0.2) is 28.9 Å². The van der Waals surface area contributed by atoms with Crippen LogP contribution in [0.15, 0.2) is 60.4 Å². The molecular formula is C18H19N2+. The van der Waals surface area contributed by atoms with Crippen LogP contribution in [-0.2, 0) is 0 Å². The Morgan fingerprint density at radius 2 is 1.95 bits per heavy atom. The zero-order chi connectivity index (χ0) is 13.1. The second kappa shape index (κ2) is 3.92. The van der Waals surface area contributed by atoms with Gasteiger partial charge in [-0.1, -0.05) is 42.5 Å². The van der Waals surface area contributed by atoms with Gasteiger partial charge in [0, 0.05) is 29.7 Å². The number of fused-ring (bicyclic) bond motifs is 4. The standard InChI is InChI=1S/C18H19N2/c1-2-9-16-13(7-1)15-11-20-10-4-6-12-5-3-8-14(18(12)20)17(15)19-16/h1-4,6-11,13-19H,5H2/q+1. The van der Waals surface area contributed by atoms with Crippen LogP contribution in [0.3, 0.4) is 0 Å². The molecule has 2 nitrogen and oxygen atoms in total. The van der Waals surface area contributed by atoms with Crippen molar-refractivity contribution in [2.24, 2.45) is 17.8 Å². The first-order chi connectivity index (χ1) is 9.92. The van der Waals surface area contributed by atoms with E-state index in [2.05, 4.69) is 70.9 Å². The first-order valence-electron chi connectivity index (χ1n) is 7.69. The first-order valence-corrected chi connectivity index (χ1v) is 7.69. The molecule has 1 fully saturated rings. The highest BCUT2D eigenvalue weighted by atomic mass is 15.1. The molecule has 2 aliphatic carbocycles. The van der Waals surface area contributed by atoms with Gasteiger partial charge < -0.3 is 5.32 Å². The van der Waals surface area contributed by atoms with Crippen LogP contribution in [0.1, 0.15) is 6.42 Å². The number of nitrogens with one attached hydrogen (secondary N) is 1. The number of allylic oxidation sites excluding steroid dienone is 5. The molecule has 0 amide bonds. The zero-order valence-corrected chi connectivity index (χ0v) is 11.4. The van der Waals surface area contributed by atoms with Crippen LogP contribution in [0.5, 0.6) is 0 Å². The minimum absolute atomic E-state index is 0.513. The Kier molecular flexibility index (Phi) is 2.16. The SMILES string of the molecule is C1=CC2NC3C(C=[N+]4C=CC=C5CC=CC3C54)C2C=C1. The Morgan fingerprint density at radius 1 is 1.00 bits per heavy atom. The Balaban J connectivity index is 1.64. The summed E-state index contributed by atoms with van der Waals surface area (Å²) in [6.45, 7) is 0. The molecule has 3 aliphatic heterocycles. The van der Waals surface area contributed by atoms with Gasteiger partial charge in [-0.3, -0.25) is 0 Å². The first kappa shape index (κ1) is 11.0. The molecule has 1 N–H and O–H groups in total. The number of hydrogen-bond donors (Lipinski definition) is 1. The van der Waals surface area contributed by atoms with E-state index in [4.69, 9.17) is 0 Å². The maximum atomic E-state index is 3.88. The lowest BCUT2D eigenvalue weighted by Gasteiger charge is -2.37. The van der Waals surface area contributed by atoms with Gasteiger partial charge in [-0.05, 0) is 6.42 Å². The highest BCUT2D eigenvalue weighted by Gasteiger charge is 2.53. The predicted octanol–water partition coefficient (Wildman–Crippen LogP) is 2.18. The van der Waals surface area contributed by atoms with E-state index in [1.807, 2.05) is 0 Å². The Labute approximate surface area is 119 Å². The average Bonchev–Trinajstić information content (AvgIpc) is 2.87. The van der Waals surface area contributed by atoms with Gasteiger partial charge in [-0.2, -0.15) is 0 Å². The second-order valence-corrected chi connectivity index (χ2v) is 6.48. The fourth-order valence-corrected chi connectivity index (χ4v) is 4.70. The third-order valence-corrected chi connectivity index (χ3v) is 5.53. The van der Waals surface area contributed by atoms with Crippen molar-refractivity contribution >= 4 is 6.21 Å². The minimum Gasteiger partial charge on any atom is -0.305 e. The summed E-state index contributed by atoms with van der Waals surface area (Å²) in [5.74, 6) is 1.82. The molecule has 0 bridgehead atoms. The Morgan fingerprint density at radius 3 is 2.95 bits per heavy atom. The third kappa shape index (κ3) is 1.35. The Bertz CT molecular complexity index is 632. The summed E-state index contributed by atoms with van der Waals surface area (Å²) in [4.78, 5) is 0. The zero-order valence-electron chi connectivity index (χ0n) is 11.4. The second-order valence-electron chi connectivity index (χ2n) is 6.48. The maximum Gasteiger partial charge on any atom is 0.187 e. The van der Waals surface area contributed by atoms with Gasteiger partial charge in [-0.25, -0.2) is 4.58 Å². The van der Waals surface area contributed by atoms with E-state index < -0.39 is 0 Å². The quantitative estimate of drug-likeness (QED) is 0.523. The van der Waals surface area contributed by atoms with Crippen LogP contribution in [0.25, 0.3) is 0 Å². The molecule has 0 aromatic carbocycles. The van der Waals surface area contributed by atoms with Crippen molar-refractivity contribution in [3.05, 3.63) is 60.4 Å². The predicted molar refractivity (Wildman–Crippen MR) is 80.6 cm³/mol. The molecule has 6 atom stereocenters. The highest BCUT2D eigenvalue weighted by molar-refractivity contribution is 5.62. The van der Waals surface area contributed by atoms with E-state index in [0.717, 1.165) is 6.42 Å². The summed E-state index contributed by atoms with van der Waals surface area (Å²) >= 11 is 0. The summed E-state index contributed by atoms with van der Waals surface area (Å²) in [5.41, 5.74) is 1.57. The van der Waals surface area contributed by atoms with Crippen molar-refractivity contribution in [2.45, 2.75) is 24.5 Å². The van der Waals surface area contributed by atoms with Gasteiger partial charge in [0.25, 0.3) is 0 Å². The van der Waals surface area contributed by atoms with Crippen LogP contribution < -0.4 is 5.32 Å². The molecule has 20 heavy (non-hydrogen) atoms. The smallest absolute Gasteiger partial charge is 0.187 e. The molecule has 6 unspecified atom stereocenters. The molecule has 0 saturated carbocycles. The number of rotatable bonds is 0. The molecule has 2 heteroatoms. The van der Waals surface area contributed by atoms with E-state index in [0.29, 0.717) is 35.9 Å². The van der Waals surface area contributed by atoms with E-state index in [1.54, 1.807) is 5.57 Å². The van der Waals surface area contributed by atoms with E-state index in [-0.39, 0.29) is 0 Å². The van der Waals surface area contributed by atoms with Gasteiger partial charge in [0.2, 0.25) is 0 Å². The van der Waals surface area contributed by atoms with Crippen molar-refractivity contribution in [1.29, 1.82) is 0 Å². The summed E-state index contributed by atoms with van der Waals surface area (Å²) in [6, 6.07) is 1.64. The molecular weight excluding hydrogens is 244 g/mol. The van der Waals surface area contributed by atoms with Crippen molar-refractivity contribution in [3.8, 4) is 0 Å². The summed E-state index contributed by atoms with van der Waals surface area (Å²) < 4.78 is 2.47. The van der Waals surface area contributed by atoms with Crippen molar-refractivity contribution in [3.63, 3.8) is 0 Å². The van der Waals surface area contributed by atoms with Crippen LogP contribution >= 0.6 is 0 Å². The van der Waals surface area contributed by atoms with Gasteiger partial charge in [-0.15, -0.1) is 0 Å². The molecule has 0 aromatic heterocycles. The molecule has 0 spiro atoms. The van der Waals surface area contributed by atoms with E-state index in [9.17, 15) is 0 Å². The number of nitrogens with zero attached hydrogens (tertiary/aromatic N) is 1. The van der Waals surface area contributed by atoms with Crippen LogP contribution in [0, 0.1) is 17.8 Å². The largest absolute Gasteiger partial charge is 0.305 e. The molecule has 5 aliphatic rings. The average molecular weight is 263 g/mol. The molecule has 0 aromatic rings. The van der Waals surface area contributed by atoms with Crippen molar-refractivity contribution < 1.29 is 4.58 Å². The maximum absolute atomic E-state index is 3.88. The van der Waals surface area contributed by atoms with Crippen LogP contribution in [0.2, 0.25) is 0 Å². The van der Waals surface area contributed by atoms with Crippen molar-refractivity contribution in [2.75, 3.05) is 0 Å². The normalized spacial score (nSPS) is 46.4. The van der Waals surface area contributed by atoms with Gasteiger partial charge in [0.15, 0.2) is 18.5 Å². The monoisotopic (exact) mass is 263 g/mol. The van der Waals surface area contributed by atoms with Crippen LogP contribution in [0.4, 0.5) is 0 Å². The molecule has 3 heterocycles. The lowest BCUT2D eigenvalue weighted by Crippen LogP contribution is -2.52. The highest BCUT2D eigenvalue weighted by Crippen LogP contribution is 2.42. The van der Waals surface area contributed by atoms with Gasteiger partial charge in [0.1, 0.15) is 0 Å². The molecule has 100 valence electrons. The van der Waals surface area contributed by atoms with Gasteiger partial charge in [0.05, 0.1) is 11.8 Å². The molecule has 0 radical (unpaired) electrons. The third-order valence-electron chi connectivity index (χ3n) is 5.53. The van der Waals surface area contributed by atoms with E-state index in [1.165, 1.54) is 0 Å². The summed E-state index contributed by atoms with van der Waals surface area (Å²) in [5, 5.41) is 3.88. The fraction of sp³-hybridized carbons (Fsp3) is 0.389. The lowest BCUT2D eigenvalue weighted by atomic mass is 9.72. The summed E-state index contributed by atoms with van der Waals surface area (Å²) in [7, 11) is 0. The fourth-order valence-electron chi connectivity index (χ4n) is 4.70. The minimum atomic E-state index is 0.513. The molecule has 5 rings (SSSR count). The lowest BCUT2D eigenvalue weighted by molar-refractivity contribution is -0.504. The number of hydrogen-bond acceptors (Lipinski definition) is 1. The molecule has 1 saturated heterocycles.